The Morgan fingerprint density at radius 3 is 2.44 bits per heavy atom. The van der Waals surface area contributed by atoms with Crippen LogP contribution in [0.4, 0.5) is 0 Å². The quantitative estimate of drug-likeness (QED) is 0.242. The van der Waals surface area contributed by atoms with Crippen LogP contribution in [0, 0.1) is 28.6 Å². The lowest BCUT2D eigenvalue weighted by Gasteiger charge is -2.60. The van der Waals surface area contributed by atoms with Crippen molar-refractivity contribution in [3.8, 4) is 0 Å². The van der Waals surface area contributed by atoms with Crippen LogP contribution in [-0.4, -0.2) is 74.2 Å². The smallest absolute Gasteiger partial charge is 0.329 e. The highest BCUT2D eigenvalue weighted by atomic mass is 16.5. The van der Waals surface area contributed by atoms with E-state index in [1.165, 1.54) is 12.1 Å². The van der Waals surface area contributed by atoms with Gasteiger partial charge in [0.05, 0.1) is 12.5 Å². The van der Waals surface area contributed by atoms with Crippen LogP contribution in [0.25, 0.3) is 0 Å². The largest absolute Gasteiger partial charge is 0.480 e. The second kappa shape index (κ2) is 12.4. The predicted octanol–water partition coefficient (Wildman–Crippen LogP) is 2.42. The molecule has 11 nitrogen and oxygen atoms in total. The second-order valence-corrected chi connectivity index (χ2v) is 13.8. The lowest BCUT2D eigenvalue weighted by atomic mass is 9.45. The van der Waals surface area contributed by atoms with E-state index in [4.69, 9.17) is 4.74 Å². The zero-order chi connectivity index (χ0) is 32.7. The summed E-state index contributed by atoms with van der Waals surface area (Å²) >= 11 is 0. The molecule has 3 saturated carbocycles. The van der Waals surface area contributed by atoms with Gasteiger partial charge in [0, 0.05) is 18.3 Å². The van der Waals surface area contributed by atoms with Gasteiger partial charge in [-0.3, -0.25) is 19.2 Å². The molecule has 0 heterocycles. The highest BCUT2D eigenvalue weighted by molar-refractivity contribution is 5.92. The molecule has 45 heavy (non-hydrogen) atoms. The zero-order valence-electron chi connectivity index (χ0n) is 25.7. The summed E-state index contributed by atoms with van der Waals surface area (Å²) in [4.78, 5) is 62.2. The fraction of sp³-hybridized carbons (Fsp3) is 0.618. The molecule has 0 radical (unpaired) electrons. The fourth-order valence-corrected chi connectivity index (χ4v) is 9.07. The summed E-state index contributed by atoms with van der Waals surface area (Å²) in [5.41, 5.74) is -1.63. The number of carbonyl (C=O) groups excluding carboxylic acids is 4. The van der Waals surface area contributed by atoms with Gasteiger partial charge in [-0.05, 0) is 73.3 Å². The summed E-state index contributed by atoms with van der Waals surface area (Å²) < 4.78 is 5.16. The number of aliphatic hydroxyl groups excluding tert-OH is 2. The molecule has 4 aliphatic carbocycles. The first-order valence-electron chi connectivity index (χ1n) is 15.8. The summed E-state index contributed by atoms with van der Waals surface area (Å²) in [6.07, 6.45) is 2.23. The number of allylic oxidation sites excluding steroid dienone is 1. The fourth-order valence-electron chi connectivity index (χ4n) is 9.07. The summed E-state index contributed by atoms with van der Waals surface area (Å²) in [5, 5.41) is 45.5. The zero-order valence-corrected chi connectivity index (χ0v) is 25.7. The number of fused-ring (bicyclic) bond motifs is 5. The van der Waals surface area contributed by atoms with Gasteiger partial charge in [-0.15, -0.1) is 0 Å². The van der Waals surface area contributed by atoms with Gasteiger partial charge in [-0.25, -0.2) is 4.79 Å². The van der Waals surface area contributed by atoms with Crippen molar-refractivity contribution in [2.24, 2.45) is 28.6 Å². The van der Waals surface area contributed by atoms with Crippen molar-refractivity contribution < 1.29 is 49.1 Å². The molecule has 0 unspecified atom stereocenters. The number of hydrogen-bond donors (Lipinski definition) is 5. The van der Waals surface area contributed by atoms with E-state index in [0.29, 0.717) is 24.8 Å². The number of carboxylic acid groups (broad SMARTS) is 1. The molecule has 5 rings (SSSR count). The third-order valence-electron chi connectivity index (χ3n) is 11.5. The van der Waals surface area contributed by atoms with E-state index >= 15 is 0 Å². The number of aliphatic hydroxyl groups is 3. The van der Waals surface area contributed by atoms with Gasteiger partial charge in [-0.1, -0.05) is 49.8 Å². The Morgan fingerprint density at radius 2 is 1.76 bits per heavy atom. The molecule has 0 saturated heterocycles. The van der Waals surface area contributed by atoms with Crippen molar-refractivity contribution in [1.82, 2.24) is 5.32 Å². The van der Waals surface area contributed by atoms with Crippen molar-refractivity contribution in [3.05, 3.63) is 47.5 Å². The molecule has 3 fully saturated rings. The molecule has 9 atom stereocenters. The van der Waals surface area contributed by atoms with Crippen LogP contribution in [-0.2, 0) is 28.7 Å². The summed E-state index contributed by atoms with van der Waals surface area (Å²) in [6, 6.07) is 6.35. The van der Waals surface area contributed by atoms with Gasteiger partial charge < -0.3 is 30.5 Å². The molecule has 244 valence electrons. The molecule has 1 aromatic carbocycles. The highest BCUT2D eigenvalue weighted by Gasteiger charge is 2.68. The van der Waals surface area contributed by atoms with E-state index in [-0.39, 0.29) is 41.8 Å². The topological polar surface area (TPSA) is 188 Å². The number of carbonyl (C=O) groups is 5. The Balaban J connectivity index is 1.17. The third-order valence-corrected chi connectivity index (χ3v) is 11.5. The Kier molecular flexibility index (Phi) is 9.09. The number of Topliss-reactive ketones (excluding diaryl/α,β-unsaturated/α-hetero) is 1. The minimum atomic E-state index is -1.80. The van der Waals surface area contributed by atoms with E-state index in [1.54, 1.807) is 24.3 Å². The molecule has 11 heteroatoms. The van der Waals surface area contributed by atoms with Crippen LogP contribution in [0.15, 0.2) is 42.0 Å². The monoisotopic (exact) mass is 625 g/mol. The van der Waals surface area contributed by atoms with E-state index < -0.39 is 72.3 Å². The average Bonchev–Trinajstić information content (AvgIpc) is 3.28. The minimum absolute atomic E-state index is 0.0244. The number of carboxylic acids is 1. The molecular weight excluding hydrogens is 582 g/mol. The Morgan fingerprint density at radius 1 is 1.04 bits per heavy atom. The lowest BCUT2D eigenvalue weighted by Crippen LogP contribution is -2.62. The molecule has 5 N–H and O–H groups in total. The Hall–Kier alpha value is -3.41. The van der Waals surface area contributed by atoms with Gasteiger partial charge in [0.25, 0.3) is 0 Å². The van der Waals surface area contributed by atoms with Gasteiger partial charge in [0.15, 0.2) is 18.4 Å². The highest BCUT2D eigenvalue weighted by Crippen LogP contribution is 2.67. The maximum atomic E-state index is 13.5. The number of hydrogen-bond acceptors (Lipinski definition) is 9. The summed E-state index contributed by atoms with van der Waals surface area (Å²) in [6.45, 7) is 3.28. The molecule has 4 aliphatic rings. The molecular formula is C34H43NO10. The van der Waals surface area contributed by atoms with Crippen LogP contribution in [0.1, 0.15) is 83.3 Å². The second-order valence-electron chi connectivity index (χ2n) is 13.8. The van der Waals surface area contributed by atoms with Crippen molar-refractivity contribution in [2.45, 2.75) is 95.5 Å². The van der Waals surface area contributed by atoms with E-state index in [9.17, 15) is 44.4 Å². The first-order chi connectivity index (χ1) is 21.2. The SMILES string of the molecule is C[C@]12CCC(=O)C=C1CC[C@H]1[C@H]2[C@@H](O)C[C@@]2(C)[C@H]1CC[C@]2(O)C(=O)COC(=O)CCC(=O)N[C@@H](C(=O)O)[C@@H](O)c1ccccc1. The molecule has 1 amide bonds. The number of nitrogens with one attached hydrogen (secondary N) is 1. The number of benzene rings is 1. The summed E-state index contributed by atoms with van der Waals surface area (Å²) in [7, 11) is 0. The third kappa shape index (κ3) is 5.86. The normalized spacial score (nSPS) is 35.1. The molecule has 0 spiro atoms. The van der Waals surface area contributed by atoms with Gasteiger partial charge in [0.2, 0.25) is 11.7 Å². The number of amides is 1. The number of ether oxygens (including phenoxy) is 1. The Labute approximate surface area is 262 Å². The van der Waals surface area contributed by atoms with Crippen LogP contribution < -0.4 is 5.32 Å². The molecule has 0 aliphatic heterocycles. The molecule has 1 aromatic rings. The van der Waals surface area contributed by atoms with Crippen molar-refractivity contribution >= 4 is 29.4 Å². The lowest BCUT2D eigenvalue weighted by molar-refractivity contribution is -0.184. The number of ketones is 2. The van der Waals surface area contributed by atoms with Gasteiger partial charge in [0.1, 0.15) is 11.7 Å². The summed E-state index contributed by atoms with van der Waals surface area (Å²) in [5.74, 6) is -3.66. The number of aliphatic carboxylic acids is 1. The van der Waals surface area contributed by atoms with Crippen LogP contribution in [0.2, 0.25) is 0 Å². The maximum Gasteiger partial charge on any atom is 0.329 e. The average molecular weight is 626 g/mol. The van der Waals surface area contributed by atoms with Crippen molar-refractivity contribution in [1.29, 1.82) is 0 Å². The van der Waals surface area contributed by atoms with Gasteiger partial charge >= 0.3 is 11.9 Å². The van der Waals surface area contributed by atoms with Gasteiger partial charge in [-0.2, -0.15) is 0 Å². The Bertz CT molecular complexity index is 1390. The van der Waals surface area contributed by atoms with Crippen LogP contribution in [0.5, 0.6) is 0 Å². The molecule has 0 aromatic heterocycles. The standard InChI is InChI=1S/C34H43NO10/c1-32-14-12-21(36)16-20(32)8-9-22-23-13-15-34(44,33(23,2)17-24(37)28(22)32)25(38)18-45-27(40)11-10-26(39)35-29(31(42)43)30(41)19-6-4-3-5-7-19/h3-7,16,22-24,28-30,37,41,44H,8-15,17-18H2,1-2H3,(H,35,39)(H,42,43)/t22-,23+,24+,28+,29-,30+,32+,33+,34+/m1/s1. The minimum Gasteiger partial charge on any atom is -0.480 e. The van der Waals surface area contributed by atoms with Crippen molar-refractivity contribution in [2.75, 3.05) is 6.61 Å². The van der Waals surface area contributed by atoms with Crippen LogP contribution >= 0.6 is 0 Å². The van der Waals surface area contributed by atoms with E-state index in [1.807, 2.05) is 6.92 Å². The van der Waals surface area contributed by atoms with Crippen molar-refractivity contribution in [3.63, 3.8) is 0 Å². The number of rotatable bonds is 10. The number of esters is 1. The first-order valence-corrected chi connectivity index (χ1v) is 15.8. The molecule has 0 bridgehead atoms. The van der Waals surface area contributed by atoms with E-state index in [2.05, 4.69) is 12.2 Å². The predicted molar refractivity (Wildman–Crippen MR) is 159 cm³/mol. The first kappa shape index (κ1) is 33.0. The maximum absolute atomic E-state index is 13.5. The van der Waals surface area contributed by atoms with E-state index in [0.717, 1.165) is 18.4 Å². The van der Waals surface area contributed by atoms with Crippen LogP contribution in [0.3, 0.4) is 0 Å².